The maximum Gasteiger partial charge on any atom is 0.513 e. The van der Waals surface area contributed by atoms with E-state index in [1.54, 1.807) is 0 Å². The first kappa shape index (κ1) is 26.1. The van der Waals surface area contributed by atoms with Gasteiger partial charge in [0, 0.05) is 6.08 Å². The Morgan fingerprint density at radius 3 is 1.74 bits per heavy atom. The predicted molar refractivity (Wildman–Crippen MR) is 121 cm³/mol. The predicted octanol–water partition coefficient (Wildman–Crippen LogP) is 4.50. The van der Waals surface area contributed by atoms with Crippen molar-refractivity contribution in [3.63, 3.8) is 0 Å². The molecule has 0 aliphatic carbocycles. The number of hydrogen-bond acceptors (Lipinski definition) is 9. The average molecular weight is 470 g/mol. The van der Waals surface area contributed by atoms with E-state index >= 15 is 0 Å². The van der Waals surface area contributed by atoms with E-state index in [1.807, 2.05) is 0 Å². The van der Waals surface area contributed by atoms with E-state index in [0.717, 1.165) is 25.3 Å². The highest BCUT2D eigenvalue weighted by atomic mass is 16.7. The molecule has 34 heavy (non-hydrogen) atoms. The van der Waals surface area contributed by atoms with E-state index in [0.29, 0.717) is 18.6 Å². The van der Waals surface area contributed by atoms with Crippen LogP contribution in [0.1, 0.15) is 46.4 Å². The molecule has 0 amide bonds. The van der Waals surface area contributed by atoms with Gasteiger partial charge in [0.1, 0.15) is 11.5 Å². The Hall–Kier alpha value is -4.14. The van der Waals surface area contributed by atoms with Crippen LogP contribution < -0.4 is 9.47 Å². The Morgan fingerprint density at radius 1 is 0.706 bits per heavy atom. The summed E-state index contributed by atoms with van der Waals surface area (Å²) >= 11 is 0. The van der Waals surface area contributed by atoms with Crippen LogP contribution in [-0.4, -0.2) is 44.4 Å². The van der Waals surface area contributed by atoms with Crippen LogP contribution in [0.25, 0.3) is 0 Å². The first-order valence-corrected chi connectivity index (χ1v) is 10.6. The van der Waals surface area contributed by atoms with E-state index in [9.17, 15) is 19.2 Å². The Kier molecular flexibility index (Phi) is 10.8. The van der Waals surface area contributed by atoms with Crippen LogP contribution in [0.3, 0.4) is 0 Å². The zero-order valence-electron chi connectivity index (χ0n) is 18.8. The number of hydrogen-bond donors (Lipinski definition) is 0. The zero-order valence-corrected chi connectivity index (χ0v) is 18.8. The molecule has 0 N–H and O–H groups in total. The molecule has 9 nitrogen and oxygen atoms in total. The fourth-order valence-corrected chi connectivity index (χ4v) is 2.67. The number of carbonyl (C=O) groups excluding carboxylic acids is 4. The molecule has 0 fully saturated rings. The van der Waals surface area contributed by atoms with Gasteiger partial charge in [-0.2, -0.15) is 0 Å². The van der Waals surface area contributed by atoms with Gasteiger partial charge in [0.05, 0.1) is 31.5 Å². The highest BCUT2D eigenvalue weighted by Gasteiger charge is 2.12. The molecule has 0 unspecified atom stereocenters. The molecular weight excluding hydrogens is 444 g/mol. The van der Waals surface area contributed by atoms with Crippen molar-refractivity contribution < 1.29 is 42.9 Å². The van der Waals surface area contributed by atoms with Gasteiger partial charge in [0.15, 0.2) is 0 Å². The van der Waals surface area contributed by atoms with Crippen molar-refractivity contribution in [3.05, 3.63) is 72.3 Å². The highest BCUT2D eigenvalue weighted by molar-refractivity contribution is 5.92. The molecular formula is C25H26O9. The Bertz CT molecular complexity index is 978. The number of carbonyl (C=O) groups is 4. The topological polar surface area (TPSA) is 114 Å². The Morgan fingerprint density at radius 2 is 1.21 bits per heavy atom. The van der Waals surface area contributed by atoms with Crippen molar-refractivity contribution in [1.29, 1.82) is 0 Å². The maximum atomic E-state index is 12.3. The van der Waals surface area contributed by atoms with Crippen LogP contribution in [0, 0.1) is 0 Å². The smallest absolute Gasteiger partial charge is 0.465 e. The number of methoxy groups -OCH3 is 1. The van der Waals surface area contributed by atoms with E-state index < -0.39 is 24.1 Å². The van der Waals surface area contributed by atoms with Crippen molar-refractivity contribution in [2.45, 2.75) is 25.7 Å². The second-order valence-electron chi connectivity index (χ2n) is 6.92. The molecule has 0 saturated heterocycles. The lowest BCUT2D eigenvalue weighted by Crippen LogP contribution is -2.12. The van der Waals surface area contributed by atoms with E-state index in [4.69, 9.17) is 18.9 Å². The van der Waals surface area contributed by atoms with Crippen LogP contribution in [0.15, 0.2) is 61.2 Å². The lowest BCUT2D eigenvalue weighted by atomic mass is 10.2. The van der Waals surface area contributed by atoms with E-state index in [1.165, 1.54) is 55.6 Å². The van der Waals surface area contributed by atoms with Gasteiger partial charge in [-0.25, -0.2) is 19.2 Å². The monoisotopic (exact) mass is 470 g/mol. The summed E-state index contributed by atoms with van der Waals surface area (Å²) in [6.07, 6.45) is 3.28. The summed E-state index contributed by atoms with van der Waals surface area (Å²) in [5.74, 6) is -1.06. The van der Waals surface area contributed by atoms with Gasteiger partial charge >= 0.3 is 24.1 Å². The van der Waals surface area contributed by atoms with Crippen LogP contribution in [0.5, 0.6) is 11.5 Å². The van der Waals surface area contributed by atoms with Gasteiger partial charge in [-0.05, 0) is 74.2 Å². The molecule has 0 radical (unpaired) electrons. The van der Waals surface area contributed by atoms with Crippen molar-refractivity contribution in [1.82, 2.24) is 0 Å². The maximum absolute atomic E-state index is 12.3. The summed E-state index contributed by atoms with van der Waals surface area (Å²) in [5.41, 5.74) is 0.582. The number of unbranched alkanes of at least 4 members (excludes halogenated alkanes) is 3. The normalized spacial score (nSPS) is 10.0. The molecule has 0 atom stereocenters. The van der Waals surface area contributed by atoms with E-state index in [2.05, 4.69) is 11.3 Å². The molecule has 2 rings (SSSR count). The molecule has 2 aromatic rings. The molecule has 0 bridgehead atoms. The van der Waals surface area contributed by atoms with Crippen molar-refractivity contribution in [2.24, 2.45) is 0 Å². The summed E-state index contributed by atoms with van der Waals surface area (Å²) in [6.45, 7) is 3.85. The lowest BCUT2D eigenvalue weighted by molar-refractivity contribution is -0.137. The van der Waals surface area contributed by atoms with Crippen molar-refractivity contribution in [2.75, 3.05) is 20.3 Å². The fraction of sp³-hybridized carbons (Fsp3) is 0.280. The Labute approximate surface area is 197 Å². The number of ether oxygens (including phenoxy) is 5. The summed E-state index contributed by atoms with van der Waals surface area (Å²) < 4.78 is 24.8. The van der Waals surface area contributed by atoms with Crippen LogP contribution in [0.4, 0.5) is 4.79 Å². The zero-order chi connectivity index (χ0) is 24.8. The van der Waals surface area contributed by atoms with Gasteiger partial charge in [-0.1, -0.05) is 6.58 Å². The summed E-state index contributed by atoms with van der Waals surface area (Å²) in [6, 6.07) is 11.7. The molecule has 180 valence electrons. The van der Waals surface area contributed by atoms with Crippen LogP contribution >= 0.6 is 0 Å². The van der Waals surface area contributed by atoms with Crippen molar-refractivity contribution in [3.8, 4) is 11.5 Å². The minimum Gasteiger partial charge on any atom is -0.465 e. The Balaban J connectivity index is 1.68. The molecule has 9 heteroatoms. The average Bonchev–Trinajstić information content (AvgIpc) is 2.85. The van der Waals surface area contributed by atoms with Gasteiger partial charge in [0.25, 0.3) is 0 Å². The molecule has 0 aliphatic rings. The third-order valence-electron chi connectivity index (χ3n) is 4.45. The first-order chi connectivity index (χ1) is 16.4. The molecule has 0 aromatic heterocycles. The van der Waals surface area contributed by atoms with Gasteiger partial charge in [0.2, 0.25) is 0 Å². The fourth-order valence-electron chi connectivity index (χ4n) is 2.67. The largest absolute Gasteiger partial charge is 0.513 e. The minimum atomic E-state index is -0.846. The van der Waals surface area contributed by atoms with Gasteiger partial charge in [-0.15, -0.1) is 0 Å². The molecule has 0 heterocycles. The third kappa shape index (κ3) is 9.15. The molecule has 0 saturated carbocycles. The van der Waals surface area contributed by atoms with Crippen LogP contribution in [0.2, 0.25) is 0 Å². The minimum absolute atomic E-state index is 0.199. The standard InChI is InChI=1S/C25H26O9/c1-3-22(26)31-16-6-4-5-7-17-32-25(29)34-21-14-10-19(11-15-21)24(28)33-20-12-8-18(9-13-20)23(27)30-2/h3,8-15H,1,4-7,16-17H2,2H3. The highest BCUT2D eigenvalue weighted by Crippen LogP contribution is 2.17. The number of benzene rings is 2. The van der Waals surface area contributed by atoms with Gasteiger partial charge < -0.3 is 23.7 Å². The SMILES string of the molecule is C=CC(=O)OCCCCCCOC(=O)Oc1ccc(C(=O)Oc2ccc(C(=O)OC)cc2)cc1. The summed E-state index contributed by atoms with van der Waals surface area (Å²) in [7, 11) is 1.28. The van der Waals surface area contributed by atoms with Crippen LogP contribution in [-0.2, 0) is 19.0 Å². The number of rotatable bonds is 12. The van der Waals surface area contributed by atoms with E-state index in [-0.39, 0.29) is 23.7 Å². The van der Waals surface area contributed by atoms with Crippen molar-refractivity contribution >= 4 is 24.1 Å². The summed E-state index contributed by atoms with van der Waals surface area (Å²) in [5, 5.41) is 0. The summed E-state index contributed by atoms with van der Waals surface area (Å²) in [4.78, 5) is 46.4. The molecule has 0 spiro atoms. The number of esters is 3. The second kappa shape index (κ2) is 14.1. The third-order valence-corrected chi connectivity index (χ3v) is 4.45. The first-order valence-electron chi connectivity index (χ1n) is 10.6. The lowest BCUT2D eigenvalue weighted by Gasteiger charge is -2.08. The molecule has 2 aromatic carbocycles. The van der Waals surface area contributed by atoms with Gasteiger partial charge in [-0.3, -0.25) is 0 Å². The second-order valence-corrected chi connectivity index (χ2v) is 6.92. The molecule has 0 aliphatic heterocycles. The quantitative estimate of drug-likeness (QED) is 0.110.